The van der Waals surface area contributed by atoms with Crippen molar-refractivity contribution in [2.75, 3.05) is 18.4 Å². The van der Waals surface area contributed by atoms with Crippen LogP contribution in [0.3, 0.4) is 0 Å². The van der Waals surface area contributed by atoms with Gasteiger partial charge in [0.05, 0.1) is 5.69 Å². The number of urea groups is 1. The van der Waals surface area contributed by atoms with Crippen LogP contribution >= 0.6 is 31.9 Å². The molecule has 5 nitrogen and oxygen atoms in total. The zero-order chi connectivity index (χ0) is 15.3. The summed E-state index contributed by atoms with van der Waals surface area (Å²) in [4.78, 5) is 24.3. The summed E-state index contributed by atoms with van der Waals surface area (Å²) >= 11 is 6.69. The molecule has 0 aliphatic carbocycles. The number of carbonyl (C=O) groups is 2. The zero-order valence-electron chi connectivity index (χ0n) is 11.2. The van der Waals surface area contributed by atoms with Crippen LogP contribution in [0, 0.1) is 5.92 Å². The van der Waals surface area contributed by atoms with Gasteiger partial charge in [0.25, 0.3) is 0 Å². The van der Waals surface area contributed by atoms with E-state index in [1.807, 2.05) is 19.9 Å². The van der Waals surface area contributed by atoms with Crippen LogP contribution in [0.2, 0.25) is 0 Å². The fourth-order valence-corrected chi connectivity index (χ4v) is 2.82. The molecule has 7 heteroatoms. The van der Waals surface area contributed by atoms with E-state index in [9.17, 15) is 9.59 Å². The maximum absolute atomic E-state index is 12.2. The van der Waals surface area contributed by atoms with E-state index < -0.39 is 12.0 Å². The number of benzene rings is 1. The number of carboxylic acids is 1. The van der Waals surface area contributed by atoms with Crippen molar-refractivity contribution in [2.24, 2.45) is 5.92 Å². The van der Waals surface area contributed by atoms with Crippen molar-refractivity contribution >= 4 is 49.5 Å². The van der Waals surface area contributed by atoms with Gasteiger partial charge in [0.2, 0.25) is 0 Å². The Kier molecular flexibility index (Phi) is 6.48. The fraction of sp³-hybridized carbons (Fsp3) is 0.385. The van der Waals surface area contributed by atoms with Gasteiger partial charge in [0.1, 0.15) is 6.54 Å². The molecule has 0 spiro atoms. The number of nitrogens with zero attached hydrogens (tertiary/aromatic N) is 1. The highest BCUT2D eigenvalue weighted by molar-refractivity contribution is 9.11. The third-order valence-corrected chi connectivity index (χ3v) is 3.72. The average Bonchev–Trinajstić information content (AvgIpc) is 2.31. The van der Waals surface area contributed by atoms with E-state index in [4.69, 9.17) is 5.11 Å². The molecule has 0 bridgehead atoms. The predicted molar refractivity (Wildman–Crippen MR) is 84.9 cm³/mol. The Hall–Kier alpha value is -1.08. The van der Waals surface area contributed by atoms with Crippen LogP contribution in [0.25, 0.3) is 0 Å². The molecule has 2 amide bonds. The molecular formula is C13H16Br2N2O3. The summed E-state index contributed by atoms with van der Waals surface area (Å²) in [5.41, 5.74) is 0.580. The van der Waals surface area contributed by atoms with E-state index >= 15 is 0 Å². The smallest absolute Gasteiger partial charge is 0.323 e. The van der Waals surface area contributed by atoms with E-state index in [-0.39, 0.29) is 12.5 Å². The lowest BCUT2D eigenvalue weighted by Crippen LogP contribution is -2.41. The topological polar surface area (TPSA) is 69.6 Å². The molecule has 110 valence electrons. The molecule has 2 N–H and O–H groups in total. The van der Waals surface area contributed by atoms with Crippen molar-refractivity contribution in [3.8, 4) is 0 Å². The van der Waals surface area contributed by atoms with Crippen LogP contribution in [0.4, 0.5) is 10.5 Å². The molecule has 0 aliphatic rings. The van der Waals surface area contributed by atoms with E-state index in [1.54, 1.807) is 12.1 Å². The number of amides is 2. The standard InChI is InChI=1S/C13H16Br2N2O3/c1-8(2)6-17(7-11(18)19)13(20)16-12-9(14)4-3-5-10(12)15/h3-5,8H,6-7H2,1-2H3,(H,16,20)(H,18,19). The third-order valence-electron chi connectivity index (χ3n) is 2.39. The zero-order valence-corrected chi connectivity index (χ0v) is 14.4. The molecule has 0 saturated heterocycles. The molecular weight excluding hydrogens is 392 g/mol. The van der Waals surface area contributed by atoms with Gasteiger partial charge in [-0.15, -0.1) is 0 Å². The molecule has 0 aliphatic heterocycles. The molecule has 0 fully saturated rings. The largest absolute Gasteiger partial charge is 0.480 e. The van der Waals surface area contributed by atoms with Gasteiger partial charge in [-0.1, -0.05) is 19.9 Å². The molecule has 0 aromatic heterocycles. The minimum Gasteiger partial charge on any atom is -0.480 e. The van der Waals surface area contributed by atoms with Crippen LogP contribution in [-0.4, -0.2) is 35.1 Å². The lowest BCUT2D eigenvalue weighted by atomic mass is 10.2. The number of hydrogen-bond donors (Lipinski definition) is 2. The van der Waals surface area contributed by atoms with Crippen molar-refractivity contribution in [3.63, 3.8) is 0 Å². The second-order valence-electron chi connectivity index (χ2n) is 4.69. The van der Waals surface area contributed by atoms with Crippen molar-refractivity contribution in [2.45, 2.75) is 13.8 Å². The number of carboxylic acid groups (broad SMARTS) is 1. The number of halogens is 2. The first kappa shape index (κ1) is 17.0. The Morgan fingerprint density at radius 3 is 2.30 bits per heavy atom. The maximum Gasteiger partial charge on any atom is 0.323 e. The highest BCUT2D eigenvalue weighted by Gasteiger charge is 2.19. The summed E-state index contributed by atoms with van der Waals surface area (Å²) < 4.78 is 1.44. The minimum atomic E-state index is -1.04. The highest BCUT2D eigenvalue weighted by atomic mass is 79.9. The van der Waals surface area contributed by atoms with Gasteiger partial charge in [-0.25, -0.2) is 4.79 Å². The Labute approximate surface area is 134 Å². The van der Waals surface area contributed by atoms with Gasteiger partial charge >= 0.3 is 12.0 Å². The minimum absolute atomic E-state index is 0.183. The lowest BCUT2D eigenvalue weighted by molar-refractivity contribution is -0.137. The first-order valence-corrected chi connectivity index (χ1v) is 7.61. The second-order valence-corrected chi connectivity index (χ2v) is 6.40. The number of anilines is 1. The normalized spacial score (nSPS) is 10.4. The van der Waals surface area contributed by atoms with Gasteiger partial charge in [-0.3, -0.25) is 4.79 Å². The number of para-hydroxylation sites is 1. The van der Waals surface area contributed by atoms with Gasteiger partial charge in [0.15, 0.2) is 0 Å². The number of hydrogen-bond acceptors (Lipinski definition) is 2. The Morgan fingerprint density at radius 1 is 1.30 bits per heavy atom. The fourth-order valence-electron chi connectivity index (χ4n) is 1.63. The molecule has 1 aromatic rings. The second kappa shape index (κ2) is 7.64. The summed E-state index contributed by atoms with van der Waals surface area (Å²) in [5.74, 6) is -0.852. The first-order valence-electron chi connectivity index (χ1n) is 6.03. The summed E-state index contributed by atoms with van der Waals surface area (Å²) in [6.45, 7) is 3.90. The molecule has 20 heavy (non-hydrogen) atoms. The monoisotopic (exact) mass is 406 g/mol. The number of rotatable bonds is 5. The molecule has 1 rings (SSSR count). The van der Waals surface area contributed by atoms with E-state index in [0.717, 1.165) is 8.95 Å². The number of aliphatic carboxylic acids is 1. The molecule has 1 aromatic carbocycles. The first-order chi connectivity index (χ1) is 9.31. The van der Waals surface area contributed by atoms with Crippen LogP contribution in [-0.2, 0) is 4.79 Å². The number of carbonyl (C=O) groups excluding carboxylic acids is 1. The van der Waals surface area contributed by atoms with Gasteiger partial charge in [-0.2, -0.15) is 0 Å². The van der Waals surface area contributed by atoms with Gasteiger partial charge in [0, 0.05) is 15.5 Å². The Balaban J connectivity index is 2.87. The summed E-state index contributed by atoms with van der Waals surface area (Å²) in [5, 5.41) is 11.6. The lowest BCUT2D eigenvalue weighted by Gasteiger charge is -2.23. The Morgan fingerprint density at radius 2 is 1.85 bits per heavy atom. The molecule has 0 radical (unpaired) electrons. The number of nitrogens with one attached hydrogen (secondary N) is 1. The van der Waals surface area contributed by atoms with Gasteiger partial charge in [-0.05, 0) is 49.9 Å². The summed E-state index contributed by atoms with van der Waals surface area (Å²) in [6, 6.07) is 4.98. The predicted octanol–water partition coefficient (Wildman–Crippen LogP) is 3.79. The van der Waals surface area contributed by atoms with Crippen LogP contribution < -0.4 is 5.32 Å². The molecule has 0 unspecified atom stereocenters. The maximum atomic E-state index is 12.2. The van der Waals surface area contributed by atoms with Crippen LogP contribution in [0.15, 0.2) is 27.1 Å². The third kappa shape index (κ3) is 5.13. The van der Waals surface area contributed by atoms with E-state index in [0.29, 0.717) is 12.2 Å². The quantitative estimate of drug-likeness (QED) is 0.780. The van der Waals surface area contributed by atoms with Crippen molar-refractivity contribution in [3.05, 3.63) is 27.1 Å². The molecule has 0 heterocycles. The van der Waals surface area contributed by atoms with Crippen LogP contribution in [0.1, 0.15) is 13.8 Å². The molecule has 0 saturated carbocycles. The Bertz CT molecular complexity index is 486. The van der Waals surface area contributed by atoms with Crippen molar-refractivity contribution in [1.82, 2.24) is 4.90 Å². The highest BCUT2D eigenvalue weighted by Crippen LogP contribution is 2.30. The van der Waals surface area contributed by atoms with Gasteiger partial charge < -0.3 is 15.3 Å². The summed E-state index contributed by atoms with van der Waals surface area (Å²) in [6.07, 6.45) is 0. The van der Waals surface area contributed by atoms with Crippen LogP contribution in [0.5, 0.6) is 0 Å². The van der Waals surface area contributed by atoms with E-state index in [1.165, 1.54) is 4.90 Å². The average molecular weight is 408 g/mol. The SMILES string of the molecule is CC(C)CN(CC(=O)O)C(=O)Nc1c(Br)cccc1Br. The summed E-state index contributed by atoms with van der Waals surface area (Å²) in [7, 11) is 0. The molecule has 0 atom stereocenters. The van der Waals surface area contributed by atoms with Crippen molar-refractivity contribution in [1.29, 1.82) is 0 Å². The van der Waals surface area contributed by atoms with Crippen molar-refractivity contribution < 1.29 is 14.7 Å². The van der Waals surface area contributed by atoms with E-state index in [2.05, 4.69) is 37.2 Å².